The molecule has 1 saturated carbocycles. The van der Waals surface area contributed by atoms with E-state index in [4.69, 9.17) is 5.26 Å². The molecule has 1 fully saturated rings. The molecule has 0 unspecified atom stereocenters. The van der Waals surface area contributed by atoms with Gasteiger partial charge in [-0.05, 0) is 25.0 Å². The molecule has 0 atom stereocenters. The van der Waals surface area contributed by atoms with Crippen LogP contribution in [0.4, 0.5) is 18.9 Å². The first kappa shape index (κ1) is 14.4. The van der Waals surface area contributed by atoms with Gasteiger partial charge >= 0.3 is 6.18 Å². The number of nitriles is 1. The molecule has 3 nitrogen and oxygen atoms in total. The van der Waals surface area contributed by atoms with Crippen molar-refractivity contribution < 1.29 is 18.0 Å². The number of benzene rings is 1. The maximum absolute atomic E-state index is 12.8. The highest BCUT2D eigenvalue weighted by atomic mass is 19.4. The number of para-hydroxylation sites is 1. The zero-order valence-electron chi connectivity index (χ0n) is 10.6. The van der Waals surface area contributed by atoms with Crippen molar-refractivity contribution in [2.75, 3.05) is 5.32 Å². The average molecular weight is 282 g/mol. The molecule has 1 aliphatic carbocycles. The van der Waals surface area contributed by atoms with Crippen molar-refractivity contribution in [3.63, 3.8) is 0 Å². The van der Waals surface area contributed by atoms with Crippen molar-refractivity contribution >= 4 is 11.6 Å². The number of nitrogens with zero attached hydrogens (tertiary/aromatic N) is 1. The molecule has 0 saturated heterocycles. The number of amides is 1. The Balaban J connectivity index is 2.27. The smallest absolute Gasteiger partial charge is 0.324 e. The Morgan fingerprint density at radius 2 is 1.85 bits per heavy atom. The molecule has 1 amide bonds. The molecular weight excluding hydrogens is 269 g/mol. The van der Waals surface area contributed by atoms with Crippen molar-refractivity contribution in [1.82, 2.24) is 0 Å². The minimum absolute atomic E-state index is 0.300. The van der Waals surface area contributed by atoms with Crippen molar-refractivity contribution in [2.24, 2.45) is 5.41 Å². The Morgan fingerprint density at radius 1 is 1.25 bits per heavy atom. The minimum Gasteiger partial charge on any atom is -0.324 e. The van der Waals surface area contributed by atoms with Gasteiger partial charge in [0.1, 0.15) is 5.41 Å². The second-order valence-electron chi connectivity index (χ2n) is 4.90. The second kappa shape index (κ2) is 5.16. The van der Waals surface area contributed by atoms with Gasteiger partial charge in [-0.1, -0.05) is 25.0 Å². The van der Waals surface area contributed by atoms with E-state index in [0.717, 1.165) is 18.9 Å². The van der Waals surface area contributed by atoms with Crippen LogP contribution in [0.1, 0.15) is 31.2 Å². The third kappa shape index (κ3) is 2.62. The zero-order valence-corrected chi connectivity index (χ0v) is 10.6. The lowest BCUT2D eigenvalue weighted by Crippen LogP contribution is -2.33. The van der Waals surface area contributed by atoms with E-state index in [0.29, 0.717) is 12.8 Å². The molecule has 2 rings (SSSR count). The van der Waals surface area contributed by atoms with Crippen LogP contribution in [0.25, 0.3) is 0 Å². The van der Waals surface area contributed by atoms with Crippen LogP contribution in [-0.2, 0) is 11.0 Å². The number of alkyl halides is 3. The highest BCUT2D eigenvalue weighted by Gasteiger charge is 2.42. The predicted octanol–water partition coefficient (Wildman–Crippen LogP) is 3.73. The second-order valence-corrected chi connectivity index (χ2v) is 4.90. The highest BCUT2D eigenvalue weighted by molar-refractivity contribution is 5.98. The van der Waals surface area contributed by atoms with Crippen LogP contribution in [0, 0.1) is 16.7 Å². The molecule has 1 aromatic rings. The lowest BCUT2D eigenvalue weighted by atomic mass is 9.87. The molecule has 6 heteroatoms. The Bertz CT molecular complexity index is 554. The number of carbonyl (C=O) groups excluding carboxylic acids is 1. The molecule has 1 N–H and O–H groups in total. The summed E-state index contributed by atoms with van der Waals surface area (Å²) in [4.78, 5) is 12.1. The molecular formula is C14H13F3N2O. The van der Waals surface area contributed by atoms with Gasteiger partial charge in [0.15, 0.2) is 0 Å². The maximum Gasteiger partial charge on any atom is 0.418 e. The fourth-order valence-electron chi connectivity index (χ4n) is 2.45. The number of rotatable bonds is 2. The first-order valence-corrected chi connectivity index (χ1v) is 6.28. The van der Waals surface area contributed by atoms with Gasteiger partial charge in [0.2, 0.25) is 5.91 Å². The molecule has 0 aliphatic heterocycles. The van der Waals surface area contributed by atoms with Crippen molar-refractivity contribution in [3.05, 3.63) is 29.8 Å². The van der Waals surface area contributed by atoms with Crippen LogP contribution in [0.5, 0.6) is 0 Å². The normalized spacial score (nSPS) is 17.5. The summed E-state index contributed by atoms with van der Waals surface area (Å²) in [6.07, 6.45) is -2.28. The summed E-state index contributed by atoms with van der Waals surface area (Å²) in [6.45, 7) is 0. The van der Waals surface area contributed by atoms with Gasteiger partial charge in [-0.25, -0.2) is 0 Å². The van der Waals surface area contributed by atoms with Crippen molar-refractivity contribution in [1.29, 1.82) is 5.26 Å². The molecule has 0 radical (unpaired) electrons. The minimum atomic E-state index is -4.54. The van der Waals surface area contributed by atoms with E-state index >= 15 is 0 Å². The monoisotopic (exact) mass is 282 g/mol. The summed E-state index contributed by atoms with van der Waals surface area (Å²) in [7, 11) is 0. The number of hydrogen-bond donors (Lipinski definition) is 1. The van der Waals surface area contributed by atoms with Crippen LogP contribution in [0.2, 0.25) is 0 Å². The first-order chi connectivity index (χ1) is 9.39. The van der Waals surface area contributed by atoms with E-state index in [1.54, 1.807) is 0 Å². The summed E-state index contributed by atoms with van der Waals surface area (Å²) in [6, 6.07) is 6.74. The quantitative estimate of drug-likeness (QED) is 0.898. The Kier molecular flexibility index (Phi) is 3.71. The summed E-state index contributed by atoms with van der Waals surface area (Å²) in [5.41, 5.74) is -2.40. The SMILES string of the molecule is N#CC1(C(=O)Nc2ccccc2C(F)(F)F)CCCC1. The molecule has 0 bridgehead atoms. The third-order valence-electron chi connectivity index (χ3n) is 3.59. The van der Waals surface area contributed by atoms with Crippen LogP contribution in [0.3, 0.4) is 0 Å². The summed E-state index contributed by atoms with van der Waals surface area (Å²) in [5.74, 6) is -0.644. The van der Waals surface area contributed by atoms with Crippen molar-refractivity contribution in [3.8, 4) is 6.07 Å². The zero-order chi connectivity index (χ0) is 14.8. The lowest BCUT2D eigenvalue weighted by Gasteiger charge is -2.21. The standard InChI is InChI=1S/C14H13F3N2O/c15-14(16,17)10-5-1-2-6-11(10)19-12(20)13(9-18)7-3-4-8-13/h1-2,5-6H,3-4,7-8H2,(H,19,20). The van der Waals surface area contributed by atoms with E-state index in [9.17, 15) is 18.0 Å². The summed E-state index contributed by atoms with van der Waals surface area (Å²) in [5, 5.41) is 11.4. The van der Waals surface area contributed by atoms with Crippen LogP contribution in [0.15, 0.2) is 24.3 Å². The predicted molar refractivity (Wildman–Crippen MR) is 66.6 cm³/mol. The summed E-state index contributed by atoms with van der Waals surface area (Å²) < 4.78 is 38.5. The number of carbonyl (C=O) groups is 1. The Hall–Kier alpha value is -2.03. The van der Waals surface area contributed by atoms with Gasteiger partial charge in [-0.3, -0.25) is 4.79 Å². The Morgan fingerprint density at radius 3 is 2.40 bits per heavy atom. The topological polar surface area (TPSA) is 52.9 Å². The molecule has 20 heavy (non-hydrogen) atoms. The number of halogens is 3. The van der Waals surface area contributed by atoms with E-state index in [2.05, 4.69) is 5.32 Å². The number of nitrogens with one attached hydrogen (secondary N) is 1. The third-order valence-corrected chi connectivity index (χ3v) is 3.59. The molecule has 106 valence electrons. The van der Waals surface area contributed by atoms with Gasteiger partial charge in [0, 0.05) is 0 Å². The molecule has 1 aromatic carbocycles. The molecule has 1 aliphatic rings. The number of hydrogen-bond acceptors (Lipinski definition) is 2. The molecule has 0 heterocycles. The van der Waals surface area contributed by atoms with E-state index in [1.165, 1.54) is 18.2 Å². The van der Waals surface area contributed by atoms with E-state index in [1.807, 2.05) is 6.07 Å². The van der Waals surface area contributed by atoms with Crippen molar-refractivity contribution in [2.45, 2.75) is 31.9 Å². The maximum atomic E-state index is 12.8. The fraction of sp³-hybridized carbons (Fsp3) is 0.429. The van der Waals surface area contributed by atoms with Crippen LogP contribution >= 0.6 is 0 Å². The Labute approximate surface area is 114 Å². The van der Waals surface area contributed by atoms with Crippen LogP contribution in [-0.4, -0.2) is 5.91 Å². The van der Waals surface area contributed by atoms with Gasteiger partial charge < -0.3 is 5.32 Å². The van der Waals surface area contributed by atoms with Gasteiger partial charge in [-0.15, -0.1) is 0 Å². The van der Waals surface area contributed by atoms with Gasteiger partial charge in [-0.2, -0.15) is 18.4 Å². The highest BCUT2D eigenvalue weighted by Crippen LogP contribution is 2.40. The number of anilines is 1. The van der Waals surface area contributed by atoms with Gasteiger partial charge in [0.05, 0.1) is 17.3 Å². The summed E-state index contributed by atoms with van der Waals surface area (Å²) >= 11 is 0. The molecule has 0 spiro atoms. The first-order valence-electron chi connectivity index (χ1n) is 6.28. The average Bonchev–Trinajstić information content (AvgIpc) is 2.88. The fourth-order valence-corrected chi connectivity index (χ4v) is 2.45. The lowest BCUT2D eigenvalue weighted by molar-refractivity contribution is -0.137. The molecule has 0 aromatic heterocycles. The van der Waals surface area contributed by atoms with E-state index in [-0.39, 0.29) is 5.69 Å². The van der Waals surface area contributed by atoms with E-state index < -0.39 is 23.1 Å². The van der Waals surface area contributed by atoms with Crippen LogP contribution < -0.4 is 5.32 Å². The largest absolute Gasteiger partial charge is 0.418 e. The van der Waals surface area contributed by atoms with Gasteiger partial charge in [0.25, 0.3) is 0 Å².